The van der Waals surface area contributed by atoms with Gasteiger partial charge in [-0.25, -0.2) is 15.0 Å². The number of nitriles is 1. The van der Waals surface area contributed by atoms with Crippen LogP contribution in [0.5, 0.6) is 0 Å². The molecule has 0 fully saturated rings. The van der Waals surface area contributed by atoms with Crippen molar-refractivity contribution in [3.05, 3.63) is 34.0 Å². The Hall–Kier alpha value is -2.04. The van der Waals surface area contributed by atoms with Crippen LogP contribution in [-0.4, -0.2) is 28.0 Å². The molecule has 0 aliphatic heterocycles. The molecule has 0 amide bonds. The SMILES string of the molecule is CC(C)(C)c1csc(C(C#N)c2ccnc(NCCN)n2)n1. The smallest absolute Gasteiger partial charge is 0.222 e. The Morgan fingerprint density at radius 2 is 2.18 bits per heavy atom. The van der Waals surface area contributed by atoms with Gasteiger partial charge in [-0.1, -0.05) is 20.8 Å². The third-order valence-electron chi connectivity index (χ3n) is 3.07. The quantitative estimate of drug-likeness (QED) is 0.877. The van der Waals surface area contributed by atoms with Gasteiger partial charge in [0.1, 0.15) is 10.9 Å². The molecule has 2 rings (SSSR count). The first-order valence-electron chi connectivity index (χ1n) is 7.08. The lowest BCUT2D eigenvalue weighted by Crippen LogP contribution is -2.15. The number of rotatable bonds is 5. The molecule has 2 aromatic rings. The number of nitrogens with one attached hydrogen (secondary N) is 1. The van der Waals surface area contributed by atoms with Crippen molar-refractivity contribution in [2.24, 2.45) is 5.73 Å². The number of aromatic nitrogens is 3. The largest absolute Gasteiger partial charge is 0.353 e. The van der Waals surface area contributed by atoms with E-state index in [0.717, 1.165) is 10.7 Å². The van der Waals surface area contributed by atoms with E-state index < -0.39 is 5.92 Å². The predicted octanol–water partition coefficient (Wildman–Crippen LogP) is 2.26. The van der Waals surface area contributed by atoms with E-state index in [2.05, 4.69) is 47.1 Å². The molecule has 1 unspecified atom stereocenters. The molecule has 0 aromatic carbocycles. The van der Waals surface area contributed by atoms with E-state index in [0.29, 0.717) is 24.7 Å². The summed E-state index contributed by atoms with van der Waals surface area (Å²) in [4.78, 5) is 13.1. The maximum atomic E-state index is 9.53. The fraction of sp³-hybridized carbons (Fsp3) is 0.467. The fourth-order valence-electron chi connectivity index (χ4n) is 1.82. The zero-order chi connectivity index (χ0) is 16.2. The minimum Gasteiger partial charge on any atom is -0.353 e. The van der Waals surface area contributed by atoms with Crippen molar-refractivity contribution in [3.8, 4) is 6.07 Å². The maximum Gasteiger partial charge on any atom is 0.222 e. The Labute approximate surface area is 134 Å². The lowest BCUT2D eigenvalue weighted by molar-refractivity contribution is 0.570. The zero-order valence-corrected chi connectivity index (χ0v) is 13.8. The summed E-state index contributed by atoms with van der Waals surface area (Å²) in [6, 6.07) is 4.04. The molecule has 0 spiro atoms. The molecular formula is C15H20N6S. The highest BCUT2D eigenvalue weighted by Gasteiger charge is 2.23. The van der Waals surface area contributed by atoms with E-state index in [-0.39, 0.29) is 5.41 Å². The van der Waals surface area contributed by atoms with Crippen molar-refractivity contribution in [3.63, 3.8) is 0 Å². The van der Waals surface area contributed by atoms with E-state index >= 15 is 0 Å². The molecule has 7 heteroatoms. The van der Waals surface area contributed by atoms with Crippen LogP contribution in [0.25, 0.3) is 0 Å². The van der Waals surface area contributed by atoms with Crippen molar-refractivity contribution < 1.29 is 0 Å². The van der Waals surface area contributed by atoms with Crippen LogP contribution in [-0.2, 0) is 5.41 Å². The predicted molar refractivity (Wildman–Crippen MR) is 87.8 cm³/mol. The summed E-state index contributed by atoms with van der Waals surface area (Å²) in [5.41, 5.74) is 7.06. The Balaban J connectivity index is 2.29. The normalized spacial score (nSPS) is 12.7. The van der Waals surface area contributed by atoms with E-state index in [9.17, 15) is 5.26 Å². The highest BCUT2D eigenvalue weighted by Crippen LogP contribution is 2.30. The van der Waals surface area contributed by atoms with Gasteiger partial charge in [0.05, 0.1) is 17.5 Å². The van der Waals surface area contributed by atoms with Gasteiger partial charge in [-0.15, -0.1) is 11.3 Å². The molecule has 6 nitrogen and oxygen atoms in total. The second-order valence-electron chi connectivity index (χ2n) is 5.90. The second kappa shape index (κ2) is 6.81. The first-order chi connectivity index (χ1) is 10.5. The summed E-state index contributed by atoms with van der Waals surface area (Å²) < 4.78 is 0. The van der Waals surface area contributed by atoms with Crippen LogP contribution in [0.4, 0.5) is 5.95 Å². The Morgan fingerprint density at radius 1 is 1.41 bits per heavy atom. The molecule has 116 valence electrons. The molecule has 0 aliphatic rings. The van der Waals surface area contributed by atoms with Gasteiger partial charge in [-0.05, 0) is 6.07 Å². The highest BCUT2D eigenvalue weighted by molar-refractivity contribution is 7.09. The molecule has 0 bridgehead atoms. The number of hydrogen-bond donors (Lipinski definition) is 2. The van der Waals surface area contributed by atoms with Gasteiger partial charge < -0.3 is 11.1 Å². The van der Waals surface area contributed by atoms with Gasteiger partial charge in [0.2, 0.25) is 5.95 Å². The van der Waals surface area contributed by atoms with Crippen LogP contribution < -0.4 is 11.1 Å². The van der Waals surface area contributed by atoms with Gasteiger partial charge in [-0.3, -0.25) is 0 Å². The van der Waals surface area contributed by atoms with Crippen LogP contribution in [0.1, 0.15) is 43.1 Å². The van der Waals surface area contributed by atoms with Gasteiger partial charge in [-0.2, -0.15) is 5.26 Å². The Kier molecular flexibility index (Phi) is 5.06. The second-order valence-corrected chi connectivity index (χ2v) is 6.79. The zero-order valence-electron chi connectivity index (χ0n) is 13.0. The summed E-state index contributed by atoms with van der Waals surface area (Å²) in [7, 11) is 0. The average Bonchev–Trinajstić information content (AvgIpc) is 2.96. The van der Waals surface area contributed by atoms with Crippen LogP contribution in [0.3, 0.4) is 0 Å². The molecule has 0 aliphatic carbocycles. The van der Waals surface area contributed by atoms with E-state index in [1.54, 1.807) is 12.3 Å². The van der Waals surface area contributed by atoms with Crippen molar-refractivity contribution in [2.75, 3.05) is 18.4 Å². The van der Waals surface area contributed by atoms with Gasteiger partial charge in [0.25, 0.3) is 0 Å². The molecular weight excluding hydrogens is 296 g/mol. The molecule has 2 heterocycles. The maximum absolute atomic E-state index is 9.53. The van der Waals surface area contributed by atoms with Crippen molar-refractivity contribution in [2.45, 2.75) is 32.1 Å². The number of anilines is 1. The van der Waals surface area contributed by atoms with Crippen molar-refractivity contribution in [1.29, 1.82) is 5.26 Å². The Bertz CT molecular complexity index is 667. The summed E-state index contributed by atoms with van der Waals surface area (Å²) >= 11 is 1.49. The minimum absolute atomic E-state index is 0.0335. The summed E-state index contributed by atoms with van der Waals surface area (Å²) in [6.07, 6.45) is 1.64. The molecule has 1 atom stereocenters. The van der Waals surface area contributed by atoms with Crippen LogP contribution in [0.2, 0.25) is 0 Å². The van der Waals surface area contributed by atoms with Crippen LogP contribution in [0, 0.1) is 11.3 Å². The average molecular weight is 316 g/mol. The van der Waals surface area contributed by atoms with Crippen molar-refractivity contribution >= 4 is 17.3 Å². The molecule has 0 radical (unpaired) electrons. The van der Waals surface area contributed by atoms with Crippen LogP contribution >= 0.6 is 11.3 Å². The standard InChI is InChI=1S/C15H20N6S/c1-15(2,3)12-9-22-13(21-12)10(8-17)11-4-6-18-14(20-11)19-7-5-16/h4,6,9-10H,5,7,16H2,1-3H3,(H,18,19,20). The lowest BCUT2D eigenvalue weighted by Gasteiger charge is -2.14. The first kappa shape index (κ1) is 16.3. The van der Waals surface area contributed by atoms with Gasteiger partial charge in [0.15, 0.2) is 0 Å². The van der Waals surface area contributed by atoms with Crippen LogP contribution in [0.15, 0.2) is 17.6 Å². The highest BCUT2D eigenvalue weighted by atomic mass is 32.1. The summed E-state index contributed by atoms with van der Waals surface area (Å²) in [5.74, 6) is -0.00155. The molecule has 3 N–H and O–H groups in total. The number of thiazole rings is 1. The summed E-state index contributed by atoms with van der Waals surface area (Å²) in [5, 5.41) is 15.3. The molecule has 0 saturated heterocycles. The van der Waals surface area contributed by atoms with E-state index in [1.807, 2.05) is 5.38 Å². The van der Waals surface area contributed by atoms with Gasteiger partial charge >= 0.3 is 0 Å². The molecule has 2 aromatic heterocycles. The first-order valence-corrected chi connectivity index (χ1v) is 7.96. The third kappa shape index (κ3) is 3.78. The monoisotopic (exact) mass is 316 g/mol. The fourth-order valence-corrected chi connectivity index (χ4v) is 2.91. The number of nitrogens with two attached hydrogens (primary N) is 1. The molecule has 0 saturated carbocycles. The Morgan fingerprint density at radius 3 is 2.77 bits per heavy atom. The van der Waals surface area contributed by atoms with Gasteiger partial charge in [0, 0.05) is 30.1 Å². The lowest BCUT2D eigenvalue weighted by atomic mass is 9.93. The molecule has 22 heavy (non-hydrogen) atoms. The number of nitrogens with zero attached hydrogens (tertiary/aromatic N) is 4. The minimum atomic E-state index is -0.484. The third-order valence-corrected chi connectivity index (χ3v) is 3.98. The van der Waals surface area contributed by atoms with E-state index in [1.165, 1.54) is 11.3 Å². The van der Waals surface area contributed by atoms with Crippen molar-refractivity contribution in [1.82, 2.24) is 15.0 Å². The van der Waals surface area contributed by atoms with E-state index in [4.69, 9.17) is 5.73 Å². The topological polar surface area (TPSA) is 101 Å². The number of hydrogen-bond acceptors (Lipinski definition) is 7. The summed E-state index contributed by atoms with van der Waals surface area (Å²) in [6.45, 7) is 7.40.